The average Bonchev–Trinajstić information content (AvgIpc) is 2.14. The highest BCUT2D eigenvalue weighted by atomic mass is 19.1. The fourth-order valence-corrected chi connectivity index (χ4v) is 0.822. The van der Waals surface area contributed by atoms with Crippen molar-refractivity contribution < 1.29 is 23.5 Å². The number of rotatable bonds is 4. The van der Waals surface area contributed by atoms with Crippen molar-refractivity contribution in [2.24, 2.45) is 0 Å². The van der Waals surface area contributed by atoms with Crippen LogP contribution in [0.4, 0.5) is 9.18 Å². The Labute approximate surface area is 100.0 Å². The lowest BCUT2D eigenvalue weighted by atomic mass is 10.2. The monoisotopic (exact) mass is 247 g/mol. The van der Waals surface area contributed by atoms with Crippen molar-refractivity contribution >= 4 is 12.1 Å². The first-order chi connectivity index (χ1) is 7.76. The van der Waals surface area contributed by atoms with E-state index < -0.39 is 23.5 Å². The molecule has 1 amide bonds. The van der Waals surface area contributed by atoms with Crippen LogP contribution < -0.4 is 5.32 Å². The van der Waals surface area contributed by atoms with Crippen molar-refractivity contribution in [3.8, 4) is 0 Å². The molecule has 0 aliphatic heterocycles. The van der Waals surface area contributed by atoms with Crippen molar-refractivity contribution in [3.63, 3.8) is 0 Å². The highest BCUT2D eigenvalue weighted by molar-refractivity contribution is 5.86. The second-order valence-corrected chi connectivity index (χ2v) is 4.16. The first-order valence-corrected chi connectivity index (χ1v) is 5.26. The molecule has 98 valence electrons. The van der Waals surface area contributed by atoms with Gasteiger partial charge in [-0.1, -0.05) is 0 Å². The van der Waals surface area contributed by atoms with E-state index in [9.17, 15) is 14.0 Å². The summed E-state index contributed by atoms with van der Waals surface area (Å²) in [6.45, 7) is 6.66. The first-order valence-electron chi connectivity index (χ1n) is 5.26. The fraction of sp³-hybridized carbons (Fsp3) is 0.636. The minimum absolute atomic E-state index is 0.0968. The standard InChI is InChI=1S/C11H18FNO4/c1-5-16-9(14)8(12)6-7-13-10(15)17-11(2,3)4/h6H,5,7H2,1-4H3,(H,13,15). The molecule has 0 atom stereocenters. The molecule has 0 saturated carbocycles. The molecule has 5 nitrogen and oxygen atoms in total. The second-order valence-electron chi connectivity index (χ2n) is 4.16. The van der Waals surface area contributed by atoms with Gasteiger partial charge in [-0.25, -0.2) is 9.59 Å². The number of esters is 1. The number of halogens is 1. The molecule has 0 aliphatic rings. The molecule has 0 aromatic carbocycles. The summed E-state index contributed by atoms with van der Waals surface area (Å²) >= 11 is 0. The molecular weight excluding hydrogens is 229 g/mol. The van der Waals surface area contributed by atoms with Gasteiger partial charge in [0.15, 0.2) is 0 Å². The van der Waals surface area contributed by atoms with Crippen molar-refractivity contribution in [2.75, 3.05) is 13.2 Å². The van der Waals surface area contributed by atoms with E-state index in [4.69, 9.17) is 4.74 Å². The van der Waals surface area contributed by atoms with Gasteiger partial charge in [-0.3, -0.25) is 0 Å². The fourth-order valence-electron chi connectivity index (χ4n) is 0.822. The minimum Gasteiger partial charge on any atom is -0.461 e. The summed E-state index contributed by atoms with van der Waals surface area (Å²) in [5.74, 6) is -2.08. The zero-order valence-corrected chi connectivity index (χ0v) is 10.5. The van der Waals surface area contributed by atoms with Crippen LogP contribution in [0, 0.1) is 0 Å². The van der Waals surface area contributed by atoms with Crippen molar-refractivity contribution in [1.82, 2.24) is 5.32 Å². The Morgan fingerprint density at radius 1 is 1.35 bits per heavy atom. The lowest BCUT2D eigenvalue weighted by molar-refractivity contribution is -0.140. The third-order valence-electron chi connectivity index (χ3n) is 1.40. The Morgan fingerprint density at radius 2 is 1.94 bits per heavy atom. The average molecular weight is 247 g/mol. The maximum absolute atomic E-state index is 13.0. The molecule has 0 rings (SSSR count). The van der Waals surface area contributed by atoms with E-state index >= 15 is 0 Å². The molecule has 0 unspecified atom stereocenters. The van der Waals surface area contributed by atoms with Crippen molar-refractivity contribution in [3.05, 3.63) is 11.9 Å². The lowest BCUT2D eigenvalue weighted by Gasteiger charge is -2.19. The zero-order valence-electron chi connectivity index (χ0n) is 10.5. The van der Waals surface area contributed by atoms with Crippen LogP contribution in [0.1, 0.15) is 27.7 Å². The summed E-state index contributed by atoms with van der Waals surface area (Å²) in [6, 6.07) is 0. The van der Waals surface area contributed by atoms with Gasteiger partial charge in [-0.2, -0.15) is 4.39 Å². The molecule has 0 bridgehead atoms. The number of ether oxygens (including phenoxy) is 2. The van der Waals surface area contributed by atoms with E-state index in [0.29, 0.717) is 0 Å². The maximum Gasteiger partial charge on any atom is 0.407 e. The summed E-state index contributed by atoms with van der Waals surface area (Å²) in [5.41, 5.74) is -0.618. The molecule has 0 aromatic rings. The van der Waals surface area contributed by atoms with Gasteiger partial charge in [-0.15, -0.1) is 0 Å². The highest BCUT2D eigenvalue weighted by Crippen LogP contribution is 2.06. The molecular formula is C11H18FNO4. The van der Waals surface area contributed by atoms with E-state index in [0.717, 1.165) is 6.08 Å². The van der Waals surface area contributed by atoms with Gasteiger partial charge in [0.25, 0.3) is 0 Å². The van der Waals surface area contributed by atoms with Crippen LogP contribution >= 0.6 is 0 Å². The summed E-state index contributed by atoms with van der Waals surface area (Å²) in [6.07, 6.45) is 0.243. The number of carbonyl (C=O) groups is 2. The maximum atomic E-state index is 13.0. The zero-order chi connectivity index (χ0) is 13.5. The van der Waals surface area contributed by atoms with Gasteiger partial charge in [0.1, 0.15) is 5.60 Å². The molecule has 0 fully saturated rings. The first kappa shape index (κ1) is 15.4. The molecule has 0 radical (unpaired) electrons. The van der Waals surface area contributed by atoms with Gasteiger partial charge in [-0.05, 0) is 33.8 Å². The van der Waals surface area contributed by atoms with Crippen LogP contribution in [-0.2, 0) is 14.3 Å². The highest BCUT2D eigenvalue weighted by Gasteiger charge is 2.15. The van der Waals surface area contributed by atoms with E-state index in [-0.39, 0.29) is 13.2 Å². The van der Waals surface area contributed by atoms with E-state index in [1.54, 1.807) is 27.7 Å². The SMILES string of the molecule is CCOC(=O)C(F)=CCNC(=O)OC(C)(C)C. The summed E-state index contributed by atoms with van der Waals surface area (Å²) in [4.78, 5) is 22.0. The number of hydrogen-bond donors (Lipinski definition) is 1. The summed E-state index contributed by atoms with van der Waals surface area (Å²) in [7, 11) is 0. The van der Waals surface area contributed by atoms with Crippen LogP contribution in [-0.4, -0.2) is 30.8 Å². The molecule has 0 saturated heterocycles. The number of carbonyl (C=O) groups excluding carboxylic acids is 2. The normalized spacial score (nSPS) is 11.9. The number of hydrogen-bond acceptors (Lipinski definition) is 4. The summed E-state index contributed by atoms with van der Waals surface area (Å²) in [5, 5.41) is 2.28. The van der Waals surface area contributed by atoms with Gasteiger partial charge >= 0.3 is 12.1 Å². The van der Waals surface area contributed by atoms with Gasteiger partial charge in [0, 0.05) is 6.54 Å². The number of alkyl carbamates (subject to hydrolysis) is 1. The molecule has 0 aromatic heterocycles. The van der Waals surface area contributed by atoms with Crippen LogP contribution in [0.5, 0.6) is 0 Å². The molecule has 17 heavy (non-hydrogen) atoms. The molecule has 0 spiro atoms. The molecule has 0 heterocycles. The Bertz CT molecular complexity index is 307. The third-order valence-corrected chi connectivity index (χ3v) is 1.40. The smallest absolute Gasteiger partial charge is 0.407 e. The quantitative estimate of drug-likeness (QED) is 0.609. The third kappa shape index (κ3) is 8.24. The predicted molar refractivity (Wildman–Crippen MR) is 60.1 cm³/mol. The lowest BCUT2D eigenvalue weighted by Crippen LogP contribution is -2.32. The number of nitrogens with one attached hydrogen (secondary N) is 1. The second kappa shape index (κ2) is 6.88. The van der Waals surface area contributed by atoms with Crippen LogP contribution in [0.25, 0.3) is 0 Å². The van der Waals surface area contributed by atoms with Gasteiger partial charge in [0.05, 0.1) is 6.61 Å². The van der Waals surface area contributed by atoms with Crippen LogP contribution in [0.15, 0.2) is 11.9 Å². The van der Waals surface area contributed by atoms with Crippen LogP contribution in [0.3, 0.4) is 0 Å². The van der Waals surface area contributed by atoms with Crippen molar-refractivity contribution in [1.29, 1.82) is 0 Å². The Kier molecular flexibility index (Phi) is 6.23. The number of amides is 1. The van der Waals surface area contributed by atoms with E-state index in [2.05, 4.69) is 10.1 Å². The topological polar surface area (TPSA) is 64.6 Å². The van der Waals surface area contributed by atoms with Crippen molar-refractivity contribution in [2.45, 2.75) is 33.3 Å². The van der Waals surface area contributed by atoms with Gasteiger partial charge < -0.3 is 14.8 Å². The largest absolute Gasteiger partial charge is 0.461 e. The van der Waals surface area contributed by atoms with E-state index in [1.807, 2.05) is 0 Å². The molecule has 6 heteroatoms. The predicted octanol–water partition coefficient (Wildman–Crippen LogP) is 1.93. The minimum atomic E-state index is -1.04. The van der Waals surface area contributed by atoms with Crippen LogP contribution in [0.2, 0.25) is 0 Å². The van der Waals surface area contributed by atoms with Gasteiger partial charge in [0.2, 0.25) is 5.83 Å². The Balaban J connectivity index is 4.01. The summed E-state index contributed by atoms with van der Waals surface area (Å²) < 4.78 is 22.3. The molecule has 0 aliphatic carbocycles. The Hall–Kier alpha value is -1.59. The Morgan fingerprint density at radius 3 is 2.41 bits per heavy atom. The van der Waals surface area contributed by atoms with E-state index in [1.165, 1.54) is 0 Å². The molecule has 1 N–H and O–H groups in total.